The van der Waals surface area contributed by atoms with Gasteiger partial charge in [-0.1, -0.05) is 26.8 Å². The molecule has 0 saturated heterocycles. The average molecular weight is 229 g/mol. The van der Waals surface area contributed by atoms with Gasteiger partial charge in [0.05, 0.1) is 5.56 Å². The molecular weight excluding hydrogens is 213 g/mol. The summed E-state index contributed by atoms with van der Waals surface area (Å²) in [7, 11) is 0. The Bertz CT molecular complexity index is 362. The fraction of sp³-hybridized carbons (Fsp3) is 0.462. The number of halogens is 3. The highest BCUT2D eigenvalue weighted by Crippen LogP contribution is 2.34. The Kier molecular flexibility index (Phi) is 3.66. The third kappa shape index (κ3) is 2.77. The molecule has 1 aromatic rings. The minimum Gasteiger partial charge on any atom is -0.166 e. The molecule has 1 rings (SSSR count). The van der Waals surface area contributed by atoms with Crippen LogP contribution in [0.3, 0.4) is 0 Å². The van der Waals surface area contributed by atoms with Gasteiger partial charge in [-0.05, 0) is 42.0 Å². The molecule has 0 nitrogen and oxygen atoms in total. The monoisotopic (exact) mass is 229 g/mol. The summed E-state index contributed by atoms with van der Waals surface area (Å²) in [5.74, 6) is 0.0705. The molecule has 89 valence electrons. The summed E-state index contributed by atoms with van der Waals surface area (Å²) < 4.78 is 37.6. The maximum absolute atomic E-state index is 12.5. The van der Waals surface area contributed by atoms with Crippen molar-refractivity contribution in [3.8, 4) is 0 Å². The van der Waals surface area contributed by atoms with Gasteiger partial charge in [0, 0.05) is 0 Å². The summed E-state index contributed by atoms with van der Waals surface area (Å²) in [6.07, 6.45) is -4.28. The molecule has 1 unspecified atom stereocenters. The Balaban J connectivity index is 3.29. The van der Waals surface area contributed by atoms with E-state index in [0.29, 0.717) is 5.56 Å². The lowest BCUT2D eigenvalue weighted by molar-refractivity contribution is -0.137. The van der Waals surface area contributed by atoms with Crippen molar-refractivity contribution in [2.45, 2.75) is 38.8 Å². The summed E-state index contributed by atoms with van der Waals surface area (Å²) in [4.78, 5) is 0. The maximum atomic E-state index is 12.5. The molecular formula is C13H16F3. The van der Waals surface area contributed by atoms with E-state index in [1.807, 2.05) is 13.8 Å². The second-order valence-corrected chi connectivity index (χ2v) is 4.40. The highest BCUT2D eigenvalue weighted by atomic mass is 19.4. The summed E-state index contributed by atoms with van der Waals surface area (Å²) >= 11 is 0. The molecule has 0 saturated carbocycles. The molecule has 0 spiro atoms. The van der Waals surface area contributed by atoms with Gasteiger partial charge in [-0.15, -0.1) is 0 Å². The summed E-state index contributed by atoms with van der Waals surface area (Å²) in [6.45, 7) is 9.55. The quantitative estimate of drug-likeness (QED) is 0.685. The molecule has 0 fully saturated rings. The van der Waals surface area contributed by atoms with Crippen LogP contribution in [0.4, 0.5) is 13.2 Å². The van der Waals surface area contributed by atoms with Gasteiger partial charge in [-0.3, -0.25) is 0 Å². The van der Waals surface area contributed by atoms with E-state index in [2.05, 4.69) is 6.92 Å². The van der Waals surface area contributed by atoms with E-state index in [-0.39, 0.29) is 11.8 Å². The van der Waals surface area contributed by atoms with E-state index in [9.17, 15) is 13.2 Å². The number of rotatable bonds is 2. The van der Waals surface area contributed by atoms with Crippen LogP contribution >= 0.6 is 0 Å². The van der Waals surface area contributed by atoms with Crippen LogP contribution < -0.4 is 0 Å². The van der Waals surface area contributed by atoms with Crippen LogP contribution in [0.1, 0.15) is 49.3 Å². The van der Waals surface area contributed by atoms with Gasteiger partial charge in [0.15, 0.2) is 0 Å². The average Bonchev–Trinajstić information content (AvgIpc) is 2.15. The Hall–Kier alpha value is -0.990. The van der Waals surface area contributed by atoms with Gasteiger partial charge >= 0.3 is 6.18 Å². The third-order valence-electron chi connectivity index (χ3n) is 2.57. The first-order valence-corrected chi connectivity index (χ1v) is 5.27. The molecule has 0 aliphatic carbocycles. The lowest BCUT2D eigenvalue weighted by Gasteiger charge is -2.18. The van der Waals surface area contributed by atoms with Crippen molar-refractivity contribution in [3.63, 3.8) is 0 Å². The first-order chi connectivity index (χ1) is 7.23. The lowest BCUT2D eigenvalue weighted by atomic mass is 9.89. The van der Waals surface area contributed by atoms with Gasteiger partial charge in [0.25, 0.3) is 0 Å². The zero-order valence-corrected chi connectivity index (χ0v) is 9.73. The third-order valence-corrected chi connectivity index (χ3v) is 2.57. The van der Waals surface area contributed by atoms with Crippen molar-refractivity contribution in [1.82, 2.24) is 0 Å². The van der Waals surface area contributed by atoms with E-state index in [4.69, 9.17) is 0 Å². The van der Waals surface area contributed by atoms with Crippen LogP contribution in [0.5, 0.6) is 0 Å². The van der Waals surface area contributed by atoms with Crippen LogP contribution in [0.2, 0.25) is 0 Å². The zero-order valence-electron chi connectivity index (χ0n) is 9.73. The van der Waals surface area contributed by atoms with Crippen LogP contribution in [0.15, 0.2) is 18.2 Å². The van der Waals surface area contributed by atoms with Crippen LogP contribution in [0, 0.1) is 6.92 Å². The molecule has 3 heteroatoms. The van der Waals surface area contributed by atoms with Crippen molar-refractivity contribution >= 4 is 0 Å². The van der Waals surface area contributed by atoms with E-state index in [1.165, 1.54) is 6.07 Å². The van der Waals surface area contributed by atoms with Crippen molar-refractivity contribution in [1.29, 1.82) is 0 Å². The van der Waals surface area contributed by atoms with Crippen molar-refractivity contribution < 1.29 is 13.2 Å². The molecule has 0 aliphatic rings. The Morgan fingerprint density at radius 2 is 1.62 bits per heavy atom. The summed E-state index contributed by atoms with van der Waals surface area (Å²) in [5.41, 5.74) is 1.03. The van der Waals surface area contributed by atoms with Crippen LogP contribution in [-0.4, -0.2) is 0 Å². The first-order valence-electron chi connectivity index (χ1n) is 5.27. The minimum absolute atomic E-state index is 0.139. The van der Waals surface area contributed by atoms with Crippen LogP contribution in [-0.2, 0) is 6.18 Å². The van der Waals surface area contributed by atoms with Gasteiger partial charge in [-0.2, -0.15) is 13.2 Å². The molecule has 0 amide bonds. The highest BCUT2D eigenvalue weighted by molar-refractivity contribution is 5.37. The Labute approximate surface area is 94.5 Å². The molecule has 0 aliphatic heterocycles. The fourth-order valence-electron chi connectivity index (χ4n) is 1.70. The molecule has 1 aromatic carbocycles. The molecule has 1 atom stereocenters. The molecule has 0 bridgehead atoms. The predicted molar refractivity (Wildman–Crippen MR) is 59.3 cm³/mol. The zero-order chi connectivity index (χ0) is 12.5. The topological polar surface area (TPSA) is 0 Å². The SMILES string of the molecule is [CH2]C(C)c1cc(C(F)(F)F)ccc1C(C)C. The molecule has 0 heterocycles. The van der Waals surface area contributed by atoms with Gasteiger partial charge in [0.1, 0.15) is 0 Å². The summed E-state index contributed by atoms with van der Waals surface area (Å²) in [5, 5.41) is 0. The van der Waals surface area contributed by atoms with Gasteiger partial charge < -0.3 is 0 Å². The van der Waals surface area contributed by atoms with Crippen molar-refractivity contribution in [2.75, 3.05) is 0 Å². The first kappa shape index (κ1) is 13.1. The number of alkyl halides is 3. The Morgan fingerprint density at radius 1 is 1.06 bits per heavy atom. The molecule has 1 radical (unpaired) electrons. The van der Waals surface area contributed by atoms with E-state index < -0.39 is 11.7 Å². The summed E-state index contributed by atoms with van der Waals surface area (Å²) in [6, 6.07) is 3.92. The molecule has 16 heavy (non-hydrogen) atoms. The number of hydrogen-bond acceptors (Lipinski definition) is 0. The van der Waals surface area contributed by atoms with Gasteiger partial charge in [0.2, 0.25) is 0 Å². The smallest absolute Gasteiger partial charge is 0.166 e. The van der Waals surface area contributed by atoms with Crippen LogP contribution in [0.25, 0.3) is 0 Å². The number of hydrogen-bond donors (Lipinski definition) is 0. The second-order valence-electron chi connectivity index (χ2n) is 4.40. The van der Waals surface area contributed by atoms with E-state index in [1.54, 1.807) is 13.0 Å². The second kappa shape index (κ2) is 4.48. The standard InChI is InChI=1S/C13H16F3/c1-8(2)11-6-5-10(13(14,15)16)7-12(11)9(3)4/h5-9H,3H2,1-2,4H3. The molecule has 0 aromatic heterocycles. The normalized spacial score (nSPS) is 12.6. The van der Waals surface area contributed by atoms with E-state index in [0.717, 1.165) is 11.6 Å². The minimum atomic E-state index is -4.28. The fourth-order valence-corrected chi connectivity index (χ4v) is 1.70. The predicted octanol–water partition coefficient (Wildman–Crippen LogP) is 4.77. The maximum Gasteiger partial charge on any atom is 0.416 e. The van der Waals surface area contributed by atoms with Crippen molar-refractivity contribution in [3.05, 3.63) is 41.8 Å². The van der Waals surface area contributed by atoms with E-state index >= 15 is 0 Å². The van der Waals surface area contributed by atoms with Gasteiger partial charge in [-0.25, -0.2) is 0 Å². The molecule has 0 N–H and O–H groups in total. The van der Waals surface area contributed by atoms with Crippen molar-refractivity contribution in [2.24, 2.45) is 0 Å². The lowest BCUT2D eigenvalue weighted by Crippen LogP contribution is -2.08. The number of benzene rings is 1. The Morgan fingerprint density at radius 3 is 2.00 bits per heavy atom. The highest BCUT2D eigenvalue weighted by Gasteiger charge is 2.31. The largest absolute Gasteiger partial charge is 0.416 e.